The minimum Gasteiger partial charge on any atom is -0.487 e. The lowest BCUT2D eigenvalue weighted by Crippen LogP contribution is -2.08. The van der Waals surface area contributed by atoms with Gasteiger partial charge in [-0.3, -0.25) is 0 Å². The molecule has 0 saturated carbocycles. The van der Waals surface area contributed by atoms with Gasteiger partial charge in [0, 0.05) is 5.56 Å². The van der Waals surface area contributed by atoms with Crippen LogP contribution < -0.4 is 9.47 Å². The lowest BCUT2D eigenvalue weighted by atomic mass is 10.1. The largest absolute Gasteiger partial charge is 0.487 e. The van der Waals surface area contributed by atoms with Crippen molar-refractivity contribution in [3.05, 3.63) is 94.3 Å². The third-order valence-electron chi connectivity index (χ3n) is 5.17. The topological polar surface area (TPSA) is 35.5 Å². The van der Waals surface area contributed by atoms with Crippen molar-refractivity contribution in [1.82, 2.24) is 0 Å². The summed E-state index contributed by atoms with van der Waals surface area (Å²) in [6.45, 7) is 1.97. The van der Waals surface area contributed by atoms with Crippen molar-refractivity contribution in [1.29, 1.82) is 0 Å². The van der Waals surface area contributed by atoms with Crippen molar-refractivity contribution >= 4 is 5.97 Å². The second-order valence-corrected chi connectivity index (χ2v) is 7.90. The number of carbonyl (C=O) groups excluding carboxylic acids is 1. The molecule has 0 saturated heterocycles. The van der Waals surface area contributed by atoms with Gasteiger partial charge in [-0.2, -0.15) is 8.78 Å². The van der Waals surface area contributed by atoms with Crippen LogP contribution in [0.2, 0.25) is 0 Å². The lowest BCUT2D eigenvalue weighted by molar-refractivity contribution is 0.0734. The minimum atomic E-state index is -1.65. The predicted octanol–water partition coefficient (Wildman–Crippen LogP) is 7.35. The predicted molar refractivity (Wildman–Crippen MR) is 124 cm³/mol. The Kier molecular flexibility index (Phi) is 9.46. The number of unbranched alkanes of at least 4 members (excludes halogenated alkanes) is 4. The third kappa shape index (κ3) is 6.85. The summed E-state index contributed by atoms with van der Waals surface area (Å²) in [6.07, 6.45) is 4.24. The van der Waals surface area contributed by atoms with E-state index >= 15 is 0 Å². The number of hydrogen-bond donors (Lipinski definition) is 0. The van der Waals surface area contributed by atoms with E-state index in [4.69, 9.17) is 9.47 Å². The van der Waals surface area contributed by atoms with Gasteiger partial charge in [-0.15, -0.1) is 0 Å². The molecular weight excluding hydrogens is 479 g/mol. The average molecular weight is 502 g/mol. The van der Waals surface area contributed by atoms with Crippen LogP contribution in [-0.2, 0) is 0 Å². The highest BCUT2D eigenvalue weighted by Crippen LogP contribution is 2.30. The van der Waals surface area contributed by atoms with Gasteiger partial charge < -0.3 is 9.47 Å². The minimum absolute atomic E-state index is 0.0118. The van der Waals surface area contributed by atoms with E-state index in [1.54, 1.807) is 0 Å². The van der Waals surface area contributed by atoms with Crippen LogP contribution in [-0.4, -0.2) is 12.6 Å². The fourth-order valence-electron chi connectivity index (χ4n) is 3.25. The van der Waals surface area contributed by atoms with Crippen molar-refractivity contribution in [2.75, 3.05) is 6.61 Å². The highest BCUT2D eigenvalue weighted by Gasteiger charge is 2.26. The molecule has 0 spiro atoms. The molecule has 0 bridgehead atoms. The van der Waals surface area contributed by atoms with Crippen LogP contribution in [0.3, 0.4) is 0 Å². The molecule has 0 aliphatic heterocycles. The molecule has 0 aliphatic carbocycles. The molecule has 8 heteroatoms. The van der Waals surface area contributed by atoms with Crippen LogP contribution in [0.5, 0.6) is 11.5 Å². The van der Waals surface area contributed by atoms with Crippen LogP contribution in [0.15, 0.2) is 48.5 Å². The third-order valence-corrected chi connectivity index (χ3v) is 5.17. The fourth-order valence-corrected chi connectivity index (χ4v) is 3.25. The van der Waals surface area contributed by atoms with Crippen LogP contribution in [0.4, 0.5) is 22.0 Å². The van der Waals surface area contributed by atoms with Crippen LogP contribution >= 0.6 is 0 Å². The van der Waals surface area contributed by atoms with Gasteiger partial charge in [-0.1, -0.05) is 50.5 Å². The maximum atomic E-state index is 14.4. The maximum absolute atomic E-state index is 14.4. The van der Waals surface area contributed by atoms with Gasteiger partial charge in [0.15, 0.2) is 17.4 Å². The first kappa shape index (κ1) is 26.7. The molecule has 188 valence electrons. The second kappa shape index (κ2) is 12.7. The number of hydrogen-bond acceptors (Lipinski definition) is 3. The summed E-state index contributed by atoms with van der Waals surface area (Å²) in [5, 5.41) is 0. The van der Waals surface area contributed by atoms with E-state index < -0.39 is 46.4 Å². The first-order valence-corrected chi connectivity index (χ1v) is 11.4. The molecule has 0 aromatic heterocycles. The molecule has 3 aromatic rings. The molecule has 3 rings (SSSR count). The average Bonchev–Trinajstić information content (AvgIpc) is 2.87. The van der Waals surface area contributed by atoms with Crippen molar-refractivity contribution in [2.45, 2.75) is 39.0 Å². The molecule has 0 unspecified atom stereocenters. The molecule has 0 fully saturated rings. The Morgan fingerprint density at radius 3 is 2.11 bits per heavy atom. The Bertz CT molecular complexity index is 1250. The number of rotatable bonds is 9. The van der Waals surface area contributed by atoms with Gasteiger partial charge in [0.05, 0.1) is 12.2 Å². The van der Waals surface area contributed by atoms with E-state index in [-0.39, 0.29) is 23.5 Å². The van der Waals surface area contributed by atoms with Gasteiger partial charge in [0.1, 0.15) is 17.1 Å². The van der Waals surface area contributed by atoms with E-state index in [0.717, 1.165) is 31.7 Å². The monoisotopic (exact) mass is 502 g/mol. The Hall–Kier alpha value is -3.86. The Morgan fingerprint density at radius 1 is 0.806 bits per heavy atom. The molecule has 3 nitrogen and oxygen atoms in total. The van der Waals surface area contributed by atoms with Crippen molar-refractivity contribution in [3.63, 3.8) is 0 Å². The molecule has 0 amide bonds. The van der Waals surface area contributed by atoms with Crippen molar-refractivity contribution in [3.8, 4) is 23.3 Å². The van der Waals surface area contributed by atoms with Gasteiger partial charge in [0.25, 0.3) is 0 Å². The summed E-state index contributed by atoms with van der Waals surface area (Å²) >= 11 is 0. The Labute approximate surface area is 205 Å². The van der Waals surface area contributed by atoms with Gasteiger partial charge in [0.2, 0.25) is 11.6 Å². The highest BCUT2D eigenvalue weighted by atomic mass is 19.2. The number of carbonyl (C=O) groups is 1. The molecule has 0 radical (unpaired) electrons. The Morgan fingerprint density at radius 2 is 1.47 bits per heavy atom. The van der Waals surface area contributed by atoms with Gasteiger partial charge in [-0.25, -0.2) is 18.0 Å². The summed E-state index contributed by atoms with van der Waals surface area (Å²) in [5.74, 6) is -4.44. The van der Waals surface area contributed by atoms with Crippen LogP contribution in [0.25, 0.3) is 0 Å². The summed E-state index contributed by atoms with van der Waals surface area (Å²) in [4.78, 5) is 12.1. The zero-order valence-electron chi connectivity index (χ0n) is 19.5. The molecule has 0 N–H and O–H groups in total. The van der Waals surface area contributed by atoms with E-state index in [0.29, 0.717) is 6.42 Å². The van der Waals surface area contributed by atoms with Crippen molar-refractivity contribution < 1.29 is 36.2 Å². The molecule has 3 aromatic carbocycles. The van der Waals surface area contributed by atoms with Crippen LogP contribution in [0.1, 0.15) is 60.5 Å². The summed E-state index contributed by atoms with van der Waals surface area (Å²) in [7, 11) is 0. The zero-order valence-corrected chi connectivity index (χ0v) is 19.5. The smallest absolute Gasteiger partial charge is 0.343 e. The maximum Gasteiger partial charge on any atom is 0.343 e. The second-order valence-electron chi connectivity index (χ2n) is 7.90. The number of benzene rings is 3. The quantitative estimate of drug-likeness (QED) is 0.0767. The molecule has 0 aliphatic rings. The normalized spacial score (nSPS) is 10.5. The SMILES string of the molecule is CCCCCCCOc1c(F)c(F)c(C#Cc2ccc(OC(=O)c3cccc(F)c3)cc2)c(F)c1F. The molecular formula is C28H23F5O3. The standard InChI is InChI=1S/C28H23F5O3/c1-2-3-4-5-6-16-35-27-25(32)23(30)22(24(31)26(27)33)15-12-18-10-13-21(14-11-18)36-28(34)19-8-7-9-20(29)17-19/h7-11,13-14,17H,2-6,16H2,1H3. The number of halogens is 5. The summed E-state index contributed by atoms with van der Waals surface area (Å²) in [5.41, 5.74) is -0.827. The lowest BCUT2D eigenvalue weighted by Gasteiger charge is -2.11. The summed E-state index contributed by atoms with van der Waals surface area (Å²) in [6, 6.07) is 10.4. The van der Waals surface area contributed by atoms with E-state index in [1.165, 1.54) is 42.5 Å². The van der Waals surface area contributed by atoms with E-state index in [9.17, 15) is 26.7 Å². The first-order chi connectivity index (χ1) is 17.3. The zero-order chi connectivity index (χ0) is 26.1. The molecule has 0 heterocycles. The first-order valence-electron chi connectivity index (χ1n) is 11.4. The summed E-state index contributed by atoms with van der Waals surface area (Å²) < 4.78 is 80.9. The van der Waals surface area contributed by atoms with Crippen molar-refractivity contribution in [2.24, 2.45) is 0 Å². The highest BCUT2D eigenvalue weighted by molar-refractivity contribution is 5.91. The van der Waals surface area contributed by atoms with E-state index in [2.05, 4.69) is 11.8 Å². The fraction of sp³-hybridized carbons (Fsp3) is 0.250. The molecule has 0 atom stereocenters. The van der Waals surface area contributed by atoms with Crippen LogP contribution in [0, 0.1) is 40.9 Å². The number of ether oxygens (including phenoxy) is 2. The van der Waals surface area contributed by atoms with Gasteiger partial charge in [-0.05, 0) is 48.9 Å². The van der Waals surface area contributed by atoms with Gasteiger partial charge >= 0.3 is 5.97 Å². The van der Waals surface area contributed by atoms with E-state index in [1.807, 2.05) is 6.92 Å². The molecule has 36 heavy (non-hydrogen) atoms. The Balaban J connectivity index is 1.70. The number of esters is 1.